The third-order valence-electron chi connectivity index (χ3n) is 3.74. The first-order valence-electron chi connectivity index (χ1n) is 7.06. The van der Waals surface area contributed by atoms with Crippen LogP contribution < -0.4 is 15.4 Å². The standard InChI is InChI=1S/C14H17N5O3S/c1-22-10-2-3-11-12(8-10)16-9-17-13(11)19-4-6-23(21,7-5-19)18-14(15)20/h2-3,8-9H,4-7H2,1H3,(H2,15,20). The van der Waals surface area contributed by atoms with Crippen LogP contribution in [0, 0.1) is 0 Å². The van der Waals surface area contributed by atoms with Gasteiger partial charge in [-0.2, -0.15) is 0 Å². The summed E-state index contributed by atoms with van der Waals surface area (Å²) in [5.74, 6) is 2.08. The van der Waals surface area contributed by atoms with Crippen molar-refractivity contribution in [3.63, 3.8) is 0 Å². The van der Waals surface area contributed by atoms with Crippen LogP contribution in [0.2, 0.25) is 0 Å². The van der Waals surface area contributed by atoms with Gasteiger partial charge in [0.2, 0.25) is 0 Å². The molecule has 1 fully saturated rings. The molecule has 1 aliphatic heterocycles. The van der Waals surface area contributed by atoms with Crippen LogP contribution in [-0.2, 0) is 9.73 Å². The molecule has 0 spiro atoms. The molecular formula is C14H17N5O3S. The number of hydrogen-bond acceptors (Lipinski definition) is 6. The van der Waals surface area contributed by atoms with E-state index in [4.69, 9.17) is 10.5 Å². The summed E-state index contributed by atoms with van der Waals surface area (Å²) in [4.78, 5) is 21.5. The van der Waals surface area contributed by atoms with E-state index in [1.165, 1.54) is 6.33 Å². The number of urea groups is 1. The van der Waals surface area contributed by atoms with Gasteiger partial charge in [0.1, 0.15) is 17.9 Å². The first kappa shape index (κ1) is 15.5. The fourth-order valence-electron chi connectivity index (χ4n) is 2.59. The minimum absolute atomic E-state index is 0.289. The van der Waals surface area contributed by atoms with Crippen molar-refractivity contribution >= 4 is 32.5 Å². The Morgan fingerprint density at radius 2 is 2.09 bits per heavy atom. The lowest BCUT2D eigenvalue weighted by Crippen LogP contribution is -2.41. The van der Waals surface area contributed by atoms with Gasteiger partial charge in [-0.25, -0.2) is 19.0 Å². The fourth-order valence-corrected chi connectivity index (χ4v) is 4.31. The van der Waals surface area contributed by atoms with Crippen molar-refractivity contribution in [2.24, 2.45) is 10.1 Å². The van der Waals surface area contributed by atoms with Crippen molar-refractivity contribution in [1.29, 1.82) is 0 Å². The van der Waals surface area contributed by atoms with Crippen molar-refractivity contribution in [1.82, 2.24) is 9.97 Å². The average Bonchev–Trinajstić information content (AvgIpc) is 2.53. The molecule has 1 aliphatic rings. The number of aromatic nitrogens is 2. The van der Waals surface area contributed by atoms with Gasteiger partial charge in [-0.05, 0) is 12.1 Å². The molecule has 23 heavy (non-hydrogen) atoms. The number of anilines is 1. The van der Waals surface area contributed by atoms with E-state index in [-0.39, 0.29) is 11.5 Å². The van der Waals surface area contributed by atoms with Crippen molar-refractivity contribution < 1.29 is 13.7 Å². The topological polar surface area (TPSA) is 111 Å². The van der Waals surface area contributed by atoms with Crippen LogP contribution in [0.5, 0.6) is 5.75 Å². The van der Waals surface area contributed by atoms with E-state index < -0.39 is 15.8 Å². The Kier molecular flexibility index (Phi) is 4.03. The van der Waals surface area contributed by atoms with E-state index in [2.05, 4.69) is 14.3 Å². The molecule has 2 heterocycles. The van der Waals surface area contributed by atoms with Gasteiger partial charge in [-0.3, -0.25) is 0 Å². The maximum Gasteiger partial charge on any atom is 0.346 e. The highest BCUT2D eigenvalue weighted by Gasteiger charge is 2.23. The van der Waals surface area contributed by atoms with Crippen molar-refractivity contribution in [3.05, 3.63) is 24.5 Å². The molecule has 2 aromatic rings. The molecule has 0 radical (unpaired) electrons. The van der Waals surface area contributed by atoms with Crippen LogP contribution in [0.25, 0.3) is 10.9 Å². The summed E-state index contributed by atoms with van der Waals surface area (Å²) in [5.41, 5.74) is 5.81. The molecule has 8 nitrogen and oxygen atoms in total. The van der Waals surface area contributed by atoms with E-state index in [1.54, 1.807) is 7.11 Å². The zero-order valence-electron chi connectivity index (χ0n) is 12.6. The molecule has 9 heteroatoms. The molecule has 2 amide bonds. The maximum absolute atomic E-state index is 12.4. The van der Waals surface area contributed by atoms with Crippen LogP contribution in [-0.4, -0.2) is 51.9 Å². The number of nitrogens with two attached hydrogens (primary N) is 1. The lowest BCUT2D eigenvalue weighted by Gasteiger charge is -2.30. The minimum atomic E-state index is -2.55. The number of nitrogens with zero attached hydrogens (tertiary/aromatic N) is 4. The summed E-state index contributed by atoms with van der Waals surface area (Å²) >= 11 is 0. The lowest BCUT2D eigenvalue weighted by atomic mass is 10.2. The number of carbonyl (C=O) groups is 1. The monoisotopic (exact) mass is 335 g/mol. The fraction of sp³-hybridized carbons (Fsp3) is 0.357. The molecule has 1 saturated heterocycles. The van der Waals surface area contributed by atoms with Gasteiger partial charge < -0.3 is 15.4 Å². The third kappa shape index (κ3) is 3.19. The van der Waals surface area contributed by atoms with Crippen LogP contribution in [0.15, 0.2) is 28.9 Å². The summed E-state index contributed by atoms with van der Waals surface area (Å²) in [7, 11) is -0.945. The molecule has 0 bridgehead atoms. The molecule has 0 saturated carbocycles. The normalized spacial score (nSPS) is 17.0. The molecule has 122 valence electrons. The highest BCUT2D eigenvalue weighted by Crippen LogP contribution is 2.27. The Morgan fingerprint density at radius 1 is 1.35 bits per heavy atom. The molecule has 1 aromatic heterocycles. The number of hydrogen-bond donors (Lipinski definition) is 1. The van der Waals surface area contributed by atoms with Gasteiger partial charge in [0, 0.05) is 36.0 Å². The Labute approximate surface area is 133 Å². The Hall–Kier alpha value is -2.42. The SMILES string of the molecule is COc1ccc2c(N3CCS(=O)(=NC(N)=O)CC3)ncnc2c1. The largest absolute Gasteiger partial charge is 0.497 e. The number of carbonyl (C=O) groups excluding carboxylic acids is 1. The minimum Gasteiger partial charge on any atom is -0.497 e. The summed E-state index contributed by atoms with van der Waals surface area (Å²) < 4.78 is 21.2. The quantitative estimate of drug-likeness (QED) is 0.876. The van der Waals surface area contributed by atoms with E-state index in [0.717, 1.165) is 22.5 Å². The Balaban J connectivity index is 1.91. The summed E-state index contributed by atoms with van der Waals surface area (Å²) in [6.45, 7) is 0.988. The number of methoxy groups -OCH3 is 1. The molecular weight excluding hydrogens is 318 g/mol. The number of amides is 2. The molecule has 2 N–H and O–H groups in total. The van der Waals surface area contributed by atoms with Crippen LogP contribution in [0.4, 0.5) is 10.6 Å². The second-order valence-corrected chi connectivity index (χ2v) is 7.72. The number of fused-ring (bicyclic) bond motifs is 1. The Bertz CT molecular complexity index is 862. The smallest absolute Gasteiger partial charge is 0.346 e. The predicted octanol–water partition coefficient (Wildman–Crippen LogP) is 1.01. The van der Waals surface area contributed by atoms with Crippen LogP contribution in [0.1, 0.15) is 0 Å². The van der Waals surface area contributed by atoms with E-state index in [0.29, 0.717) is 13.1 Å². The number of benzene rings is 1. The van der Waals surface area contributed by atoms with E-state index in [1.807, 2.05) is 23.1 Å². The number of primary amides is 1. The van der Waals surface area contributed by atoms with Gasteiger partial charge in [-0.1, -0.05) is 0 Å². The van der Waals surface area contributed by atoms with Crippen LogP contribution in [0.3, 0.4) is 0 Å². The summed E-state index contributed by atoms with van der Waals surface area (Å²) in [5, 5.41) is 0.897. The van der Waals surface area contributed by atoms with Gasteiger partial charge >= 0.3 is 6.03 Å². The van der Waals surface area contributed by atoms with Gasteiger partial charge in [0.25, 0.3) is 0 Å². The summed E-state index contributed by atoms with van der Waals surface area (Å²) in [6, 6.07) is 4.73. The van der Waals surface area contributed by atoms with Gasteiger partial charge in [0.05, 0.1) is 22.4 Å². The lowest BCUT2D eigenvalue weighted by molar-refractivity contribution is 0.257. The average molecular weight is 335 g/mol. The number of rotatable bonds is 2. The molecule has 3 rings (SSSR count). The molecule has 0 atom stereocenters. The van der Waals surface area contributed by atoms with E-state index >= 15 is 0 Å². The third-order valence-corrected chi connectivity index (χ3v) is 5.89. The Morgan fingerprint density at radius 3 is 2.74 bits per heavy atom. The molecule has 1 aromatic carbocycles. The zero-order chi connectivity index (χ0) is 16.4. The van der Waals surface area contributed by atoms with Gasteiger partial charge in [-0.15, -0.1) is 4.36 Å². The first-order chi connectivity index (χ1) is 11.0. The van der Waals surface area contributed by atoms with Crippen molar-refractivity contribution in [3.8, 4) is 5.75 Å². The number of ether oxygens (including phenoxy) is 1. The second-order valence-electron chi connectivity index (χ2n) is 5.18. The van der Waals surface area contributed by atoms with Crippen molar-refractivity contribution in [2.75, 3.05) is 36.6 Å². The maximum atomic E-state index is 12.4. The highest BCUT2D eigenvalue weighted by molar-refractivity contribution is 7.94. The molecule has 0 aliphatic carbocycles. The van der Waals surface area contributed by atoms with Crippen molar-refractivity contribution in [2.45, 2.75) is 0 Å². The second kappa shape index (κ2) is 5.99. The van der Waals surface area contributed by atoms with Gasteiger partial charge in [0.15, 0.2) is 0 Å². The zero-order valence-corrected chi connectivity index (χ0v) is 13.5. The highest BCUT2D eigenvalue weighted by atomic mass is 32.2. The first-order valence-corrected chi connectivity index (χ1v) is 8.92. The van der Waals surface area contributed by atoms with E-state index in [9.17, 15) is 9.00 Å². The van der Waals surface area contributed by atoms with Crippen LogP contribution >= 0.6 is 0 Å². The molecule has 0 unspecified atom stereocenters. The predicted molar refractivity (Wildman–Crippen MR) is 88.2 cm³/mol. The summed E-state index contributed by atoms with van der Waals surface area (Å²) in [6.07, 6.45) is 1.50.